The van der Waals surface area contributed by atoms with Gasteiger partial charge in [0.2, 0.25) is 0 Å². The van der Waals surface area contributed by atoms with Gasteiger partial charge in [-0.2, -0.15) is 11.3 Å². The summed E-state index contributed by atoms with van der Waals surface area (Å²) >= 11 is 1.57. The molecule has 1 aliphatic carbocycles. The molecule has 3 heterocycles. The number of hydrogen-bond donors (Lipinski definition) is 0. The molecule has 0 unspecified atom stereocenters. The number of likely N-dealkylation sites (tertiary alicyclic amines) is 1. The molecule has 4 nitrogen and oxygen atoms in total. The molecule has 2 aliphatic rings. The van der Waals surface area contributed by atoms with E-state index in [1.54, 1.807) is 11.3 Å². The Labute approximate surface area is 134 Å². The van der Waals surface area contributed by atoms with Crippen LogP contribution < -0.4 is 0 Å². The minimum absolute atomic E-state index is 0.164. The molecule has 5 heteroatoms. The summed E-state index contributed by atoms with van der Waals surface area (Å²) in [5.41, 5.74) is 3.28. The van der Waals surface area contributed by atoms with E-state index in [0.717, 1.165) is 30.9 Å². The molecule has 0 spiro atoms. The predicted octanol–water partition coefficient (Wildman–Crippen LogP) is 3.07. The number of amides is 1. The molecule has 0 aromatic carbocycles. The van der Waals surface area contributed by atoms with Gasteiger partial charge in [-0.05, 0) is 29.3 Å². The highest BCUT2D eigenvalue weighted by molar-refractivity contribution is 7.08. The van der Waals surface area contributed by atoms with Crippen LogP contribution in [0.5, 0.6) is 0 Å². The Hall–Kier alpha value is -1.75. The number of rotatable bonds is 2. The van der Waals surface area contributed by atoms with Gasteiger partial charge in [0.15, 0.2) is 0 Å². The minimum Gasteiger partial charge on any atom is -0.338 e. The highest BCUT2D eigenvalue weighted by atomic mass is 32.1. The Morgan fingerprint density at radius 2 is 2.27 bits per heavy atom. The van der Waals surface area contributed by atoms with Gasteiger partial charge in [-0.15, -0.1) is 0 Å². The summed E-state index contributed by atoms with van der Waals surface area (Å²) in [6, 6.07) is 1.91. The first-order valence-corrected chi connectivity index (χ1v) is 8.75. The van der Waals surface area contributed by atoms with Crippen molar-refractivity contribution in [2.75, 3.05) is 13.1 Å². The third kappa shape index (κ3) is 2.15. The van der Waals surface area contributed by atoms with Gasteiger partial charge in [0.25, 0.3) is 5.91 Å². The number of fused-ring (bicyclic) bond motifs is 3. The van der Waals surface area contributed by atoms with Crippen molar-refractivity contribution >= 4 is 17.2 Å². The monoisotopic (exact) mass is 313 g/mol. The van der Waals surface area contributed by atoms with Crippen LogP contribution in [0.15, 0.2) is 23.0 Å². The average molecular weight is 313 g/mol. The van der Waals surface area contributed by atoms with Crippen LogP contribution in [0.1, 0.15) is 53.1 Å². The van der Waals surface area contributed by atoms with Gasteiger partial charge in [-0.3, -0.25) is 4.79 Å². The number of aromatic nitrogens is 2. The maximum absolute atomic E-state index is 12.5. The Morgan fingerprint density at radius 3 is 3.00 bits per heavy atom. The van der Waals surface area contributed by atoms with Gasteiger partial charge in [-0.25, -0.2) is 9.97 Å². The molecule has 114 valence electrons. The van der Waals surface area contributed by atoms with Gasteiger partial charge in [-0.1, -0.05) is 13.8 Å². The highest BCUT2D eigenvalue weighted by Gasteiger charge is 2.42. The Bertz CT molecular complexity index is 711. The van der Waals surface area contributed by atoms with Crippen LogP contribution in [0, 0.1) is 5.92 Å². The zero-order valence-corrected chi connectivity index (χ0v) is 13.6. The van der Waals surface area contributed by atoms with E-state index in [1.807, 2.05) is 27.9 Å². The molecule has 1 saturated heterocycles. The van der Waals surface area contributed by atoms with Crippen molar-refractivity contribution in [3.63, 3.8) is 0 Å². The van der Waals surface area contributed by atoms with Crippen molar-refractivity contribution in [2.24, 2.45) is 5.92 Å². The number of hydrogen-bond acceptors (Lipinski definition) is 4. The fraction of sp³-hybridized carbons (Fsp3) is 0.471. The molecule has 22 heavy (non-hydrogen) atoms. The highest BCUT2D eigenvalue weighted by Crippen LogP contribution is 2.42. The van der Waals surface area contributed by atoms with Crippen LogP contribution in [-0.2, 0) is 6.42 Å². The molecule has 4 rings (SSSR count). The van der Waals surface area contributed by atoms with Crippen molar-refractivity contribution in [2.45, 2.75) is 32.1 Å². The van der Waals surface area contributed by atoms with Gasteiger partial charge < -0.3 is 4.90 Å². The number of carbonyl (C=O) groups excluding carboxylic acids is 1. The van der Waals surface area contributed by atoms with Crippen molar-refractivity contribution in [1.29, 1.82) is 0 Å². The molecule has 1 amide bonds. The predicted molar refractivity (Wildman–Crippen MR) is 86.3 cm³/mol. The van der Waals surface area contributed by atoms with Crippen LogP contribution in [0.4, 0.5) is 0 Å². The molecule has 0 bridgehead atoms. The van der Waals surface area contributed by atoms with E-state index in [0.29, 0.717) is 17.8 Å². The van der Waals surface area contributed by atoms with E-state index >= 15 is 0 Å². The summed E-state index contributed by atoms with van der Waals surface area (Å²) in [7, 11) is 0. The van der Waals surface area contributed by atoms with Crippen molar-refractivity contribution in [3.8, 4) is 0 Å². The van der Waals surface area contributed by atoms with Crippen LogP contribution >= 0.6 is 11.3 Å². The maximum atomic E-state index is 12.5. The second-order valence-electron chi connectivity index (χ2n) is 6.58. The summed E-state index contributed by atoms with van der Waals surface area (Å²) < 4.78 is 0. The lowest BCUT2D eigenvalue weighted by Gasteiger charge is -2.17. The van der Waals surface area contributed by atoms with E-state index in [9.17, 15) is 4.79 Å². The van der Waals surface area contributed by atoms with Gasteiger partial charge >= 0.3 is 0 Å². The number of thiophene rings is 1. The van der Waals surface area contributed by atoms with E-state index in [1.165, 1.54) is 11.3 Å². The Morgan fingerprint density at radius 1 is 1.41 bits per heavy atom. The molecule has 2 atom stereocenters. The zero-order valence-electron chi connectivity index (χ0n) is 12.8. The van der Waals surface area contributed by atoms with E-state index in [4.69, 9.17) is 4.98 Å². The van der Waals surface area contributed by atoms with Crippen LogP contribution in [0.25, 0.3) is 0 Å². The fourth-order valence-electron chi connectivity index (χ4n) is 3.61. The summed E-state index contributed by atoms with van der Waals surface area (Å²) in [4.78, 5) is 23.8. The first-order valence-electron chi connectivity index (χ1n) is 7.80. The van der Waals surface area contributed by atoms with Gasteiger partial charge in [0, 0.05) is 42.2 Å². The number of carbonyl (C=O) groups is 1. The summed E-state index contributed by atoms with van der Waals surface area (Å²) in [5, 5.41) is 3.89. The van der Waals surface area contributed by atoms with Crippen LogP contribution in [-0.4, -0.2) is 33.9 Å². The Kier molecular flexibility index (Phi) is 3.26. The average Bonchev–Trinajstić information content (AvgIpc) is 3.21. The van der Waals surface area contributed by atoms with Gasteiger partial charge in [0.05, 0.1) is 5.56 Å². The first kappa shape index (κ1) is 13.9. The summed E-state index contributed by atoms with van der Waals surface area (Å²) in [6.45, 7) is 5.89. The summed E-state index contributed by atoms with van der Waals surface area (Å²) in [5.74, 6) is 2.39. The third-order valence-electron chi connectivity index (χ3n) is 4.79. The molecule has 2 aromatic heterocycles. The van der Waals surface area contributed by atoms with Crippen molar-refractivity contribution in [1.82, 2.24) is 14.9 Å². The Balaban J connectivity index is 1.56. The lowest BCUT2D eigenvalue weighted by atomic mass is 9.97. The van der Waals surface area contributed by atoms with Crippen molar-refractivity contribution in [3.05, 3.63) is 45.7 Å². The van der Waals surface area contributed by atoms with E-state index in [2.05, 4.69) is 18.8 Å². The quantitative estimate of drug-likeness (QED) is 0.856. The zero-order chi connectivity index (χ0) is 15.3. The SMILES string of the molecule is CC(C)c1ncc2c(n1)C[C@@H]1CN(C(=O)c3ccsc3)C[C@H]21. The third-order valence-corrected chi connectivity index (χ3v) is 5.47. The normalized spacial score (nSPS) is 23.0. The lowest BCUT2D eigenvalue weighted by Crippen LogP contribution is -2.29. The van der Waals surface area contributed by atoms with Crippen molar-refractivity contribution < 1.29 is 4.79 Å². The summed E-state index contributed by atoms with van der Waals surface area (Å²) in [6.07, 6.45) is 2.98. The smallest absolute Gasteiger partial charge is 0.254 e. The lowest BCUT2D eigenvalue weighted by molar-refractivity contribution is 0.0785. The second kappa shape index (κ2) is 5.16. The molecule has 0 saturated carbocycles. The topological polar surface area (TPSA) is 46.1 Å². The number of nitrogens with zero attached hydrogens (tertiary/aromatic N) is 3. The molecule has 1 fully saturated rings. The largest absolute Gasteiger partial charge is 0.338 e. The fourth-order valence-corrected chi connectivity index (χ4v) is 4.24. The molecular weight excluding hydrogens is 294 g/mol. The first-order chi connectivity index (χ1) is 10.6. The van der Waals surface area contributed by atoms with Crippen LogP contribution in [0.3, 0.4) is 0 Å². The molecule has 2 aromatic rings. The maximum Gasteiger partial charge on any atom is 0.254 e. The van der Waals surface area contributed by atoms with Crippen LogP contribution in [0.2, 0.25) is 0 Å². The van der Waals surface area contributed by atoms with E-state index in [-0.39, 0.29) is 5.91 Å². The van der Waals surface area contributed by atoms with E-state index < -0.39 is 0 Å². The van der Waals surface area contributed by atoms with Gasteiger partial charge in [0.1, 0.15) is 5.82 Å². The second-order valence-corrected chi connectivity index (χ2v) is 7.36. The minimum atomic E-state index is 0.164. The molecule has 0 radical (unpaired) electrons. The standard InChI is InChI=1S/C17H19N3OS/c1-10(2)16-18-6-13-14-8-20(7-12(14)5-15(13)19-16)17(21)11-3-4-22-9-11/h3-4,6,9-10,12,14H,5,7-8H2,1-2H3/t12-,14+/m1/s1. The molecular formula is C17H19N3OS. The molecule has 0 N–H and O–H groups in total. The molecule has 1 aliphatic heterocycles.